The highest BCUT2D eigenvalue weighted by Gasteiger charge is 2.22. The first-order valence-electron chi connectivity index (χ1n) is 5.04. The zero-order valence-electron chi connectivity index (χ0n) is 8.95. The summed E-state index contributed by atoms with van der Waals surface area (Å²) in [5, 5.41) is 6.50. The molecule has 1 aromatic rings. The summed E-state index contributed by atoms with van der Waals surface area (Å²) in [4.78, 5) is 11.6. The number of hydrogen-bond donors (Lipinski definition) is 3. The van der Waals surface area contributed by atoms with Crippen molar-refractivity contribution < 1.29 is 9.53 Å². The van der Waals surface area contributed by atoms with E-state index in [1.807, 2.05) is 0 Å². The second-order valence-electron chi connectivity index (χ2n) is 3.56. The zero-order chi connectivity index (χ0) is 11.5. The molecular weight excluding hydrogens is 228 g/mol. The normalized spacial score (nSPS) is 19.7. The molecule has 2 rings (SSSR count). The molecule has 0 aromatic carbocycles. The molecule has 1 amide bonds. The van der Waals surface area contributed by atoms with Crippen molar-refractivity contribution in [1.82, 2.24) is 9.69 Å². The van der Waals surface area contributed by atoms with Gasteiger partial charge < -0.3 is 21.1 Å². The van der Waals surface area contributed by atoms with Crippen LogP contribution >= 0.6 is 11.5 Å². The maximum Gasteiger partial charge on any atom is 0.257 e. The van der Waals surface area contributed by atoms with Crippen molar-refractivity contribution in [2.24, 2.45) is 0 Å². The second-order valence-corrected chi connectivity index (χ2v) is 4.33. The number of nitrogens with zero attached hydrogens (tertiary/aromatic N) is 1. The highest BCUT2D eigenvalue weighted by Crippen LogP contribution is 2.28. The van der Waals surface area contributed by atoms with Crippen molar-refractivity contribution in [3.63, 3.8) is 0 Å². The number of nitrogens with one attached hydrogen (secondary N) is 2. The van der Waals surface area contributed by atoms with Gasteiger partial charge in [-0.05, 0) is 18.0 Å². The van der Waals surface area contributed by atoms with E-state index in [1.165, 1.54) is 11.5 Å². The van der Waals surface area contributed by atoms with Gasteiger partial charge in [-0.1, -0.05) is 0 Å². The molecule has 2 heterocycles. The van der Waals surface area contributed by atoms with Crippen molar-refractivity contribution in [1.29, 1.82) is 0 Å². The van der Waals surface area contributed by atoms with Gasteiger partial charge in [-0.3, -0.25) is 4.79 Å². The van der Waals surface area contributed by atoms with Crippen molar-refractivity contribution in [2.75, 3.05) is 31.3 Å². The molecule has 1 aromatic heterocycles. The molecule has 0 radical (unpaired) electrons. The maximum absolute atomic E-state index is 11.6. The number of anilines is 2. The third-order valence-electron chi connectivity index (χ3n) is 2.44. The van der Waals surface area contributed by atoms with E-state index >= 15 is 0 Å². The number of hydrogen-bond acceptors (Lipinski definition) is 6. The summed E-state index contributed by atoms with van der Waals surface area (Å²) in [5.74, 6) is 0.0541. The lowest BCUT2D eigenvalue weighted by molar-refractivity contribution is 0.0965. The summed E-state index contributed by atoms with van der Waals surface area (Å²) in [6.07, 6.45) is 0.936. The number of nitrogen functional groups attached to an aromatic ring is 1. The van der Waals surface area contributed by atoms with Gasteiger partial charge in [0.2, 0.25) is 0 Å². The lowest BCUT2D eigenvalue weighted by Gasteiger charge is -2.11. The van der Waals surface area contributed by atoms with Gasteiger partial charge in [0.05, 0.1) is 12.6 Å². The Labute approximate surface area is 97.3 Å². The molecule has 0 aliphatic carbocycles. The molecule has 1 unspecified atom stereocenters. The number of ether oxygens (including phenoxy) is 1. The lowest BCUT2D eigenvalue weighted by Crippen LogP contribution is -2.23. The van der Waals surface area contributed by atoms with Crippen LogP contribution in [0, 0.1) is 0 Å². The van der Waals surface area contributed by atoms with Gasteiger partial charge >= 0.3 is 0 Å². The minimum Gasteiger partial charge on any atom is -0.382 e. The Morgan fingerprint density at radius 2 is 2.50 bits per heavy atom. The SMILES string of the molecule is CNC(=O)c1c(N)nsc1NC1CCOC1. The van der Waals surface area contributed by atoms with Crippen LogP contribution in [0.25, 0.3) is 0 Å². The fourth-order valence-corrected chi connectivity index (χ4v) is 2.37. The van der Waals surface area contributed by atoms with E-state index in [0.717, 1.165) is 13.0 Å². The average Bonchev–Trinajstić information content (AvgIpc) is 2.89. The summed E-state index contributed by atoms with van der Waals surface area (Å²) >= 11 is 1.20. The molecule has 1 aliphatic rings. The topological polar surface area (TPSA) is 89.3 Å². The van der Waals surface area contributed by atoms with Crippen LogP contribution in [0.2, 0.25) is 0 Å². The van der Waals surface area contributed by atoms with E-state index in [1.54, 1.807) is 7.05 Å². The van der Waals surface area contributed by atoms with Crippen LogP contribution in [0.1, 0.15) is 16.8 Å². The van der Waals surface area contributed by atoms with Crippen LogP contribution in [0.15, 0.2) is 0 Å². The first kappa shape index (κ1) is 11.2. The summed E-state index contributed by atoms with van der Waals surface area (Å²) in [6, 6.07) is 0.239. The molecule has 7 heteroatoms. The Morgan fingerprint density at radius 3 is 3.12 bits per heavy atom. The lowest BCUT2D eigenvalue weighted by atomic mass is 10.2. The number of amides is 1. The molecule has 0 bridgehead atoms. The van der Waals surface area contributed by atoms with Crippen molar-refractivity contribution >= 4 is 28.3 Å². The highest BCUT2D eigenvalue weighted by molar-refractivity contribution is 7.11. The van der Waals surface area contributed by atoms with Gasteiger partial charge in [0.1, 0.15) is 10.6 Å². The number of rotatable bonds is 3. The van der Waals surface area contributed by atoms with Crippen LogP contribution in [-0.4, -0.2) is 36.6 Å². The van der Waals surface area contributed by atoms with Crippen LogP contribution in [0.4, 0.5) is 10.8 Å². The summed E-state index contributed by atoms with van der Waals surface area (Å²) < 4.78 is 9.24. The van der Waals surface area contributed by atoms with E-state index < -0.39 is 0 Å². The Hall–Kier alpha value is -1.34. The molecular formula is C9H14N4O2S. The van der Waals surface area contributed by atoms with E-state index in [2.05, 4.69) is 15.0 Å². The largest absolute Gasteiger partial charge is 0.382 e. The molecule has 0 saturated carbocycles. The fraction of sp³-hybridized carbons (Fsp3) is 0.556. The predicted octanol–water partition coefficient (Wildman–Crippen LogP) is 0.286. The van der Waals surface area contributed by atoms with E-state index in [9.17, 15) is 4.79 Å². The first-order chi connectivity index (χ1) is 7.72. The van der Waals surface area contributed by atoms with Crippen LogP contribution in [0.5, 0.6) is 0 Å². The van der Waals surface area contributed by atoms with Gasteiger partial charge in [0, 0.05) is 13.7 Å². The molecule has 1 aliphatic heterocycles. The summed E-state index contributed by atoms with van der Waals surface area (Å²) in [5.41, 5.74) is 6.09. The number of aromatic nitrogens is 1. The Kier molecular flexibility index (Phi) is 3.25. The zero-order valence-corrected chi connectivity index (χ0v) is 9.76. The van der Waals surface area contributed by atoms with Gasteiger partial charge in [-0.2, -0.15) is 4.37 Å². The van der Waals surface area contributed by atoms with Crippen molar-refractivity contribution in [3.8, 4) is 0 Å². The molecule has 1 atom stereocenters. The first-order valence-corrected chi connectivity index (χ1v) is 5.81. The van der Waals surface area contributed by atoms with Crippen LogP contribution < -0.4 is 16.4 Å². The van der Waals surface area contributed by atoms with E-state index in [0.29, 0.717) is 17.2 Å². The number of carbonyl (C=O) groups is 1. The van der Waals surface area contributed by atoms with Gasteiger partial charge in [0.25, 0.3) is 5.91 Å². The van der Waals surface area contributed by atoms with Crippen LogP contribution in [-0.2, 0) is 4.74 Å². The number of carbonyl (C=O) groups excluding carboxylic acids is 1. The minimum atomic E-state index is -0.215. The smallest absolute Gasteiger partial charge is 0.257 e. The molecule has 4 N–H and O–H groups in total. The minimum absolute atomic E-state index is 0.215. The predicted molar refractivity (Wildman–Crippen MR) is 62.8 cm³/mol. The number of nitrogens with two attached hydrogens (primary N) is 1. The Morgan fingerprint density at radius 1 is 1.69 bits per heavy atom. The van der Waals surface area contributed by atoms with Gasteiger partial charge in [-0.25, -0.2) is 0 Å². The molecule has 88 valence electrons. The molecule has 16 heavy (non-hydrogen) atoms. The standard InChI is InChI=1S/C9H14N4O2S/c1-11-8(14)6-7(10)13-16-9(6)12-5-2-3-15-4-5/h5,12H,2-4H2,1H3,(H2,10,13)(H,11,14). The third kappa shape index (κ3) is 2.10. The Balaban J connectivity index is 2.16. The summed E-state index contributed by atoms with van der Waals surface area (Å²) in [7, 11) is 1.57. The summed E-state index contributed by atoms with van der Waals surface area (Å²) in [6.45, 7) is 1.41. The monoisotopic (exact) mass is 242 g/mol. The Bertz CT molecular complexity index is 387. The van der Waals surface area contributed by atoms with Gasteiger partial charge in [-0.15, -0.1) is 0 Å². The molecule has 1 saturated heterocycles. The van der Waals surface area contributed by atoms with Gasteiger partial charge in [0.15, 0.2) is 5.82 Å². The quantitative estimate of drug-likeness (QED) is 0.708. The molecule has 0 spiro atoms. The van der Waals surface area contributed by atoms with Crippen molar-refractivity contribution in [2.45, 2.75) is 12.5 Å². The fourth-order valence-electron chi connectivity index (χ4n) is 1.58. The van der Waals surface area contributed by atoms with E-state index in [-0.39, 0.29) is 17.8 Å². The second kappa shape index (κ2) is 4.67. The van der Waals surface area contributed by atoms with Crippen LogP contribution in [0.3, 0.4) is 0 Å². The molecule has 1 fully saturated rings. The average molecular weight is 242 g/mol. The third-order valence-corrected chi connectivity index (χ3v) is 3.23. The van der Waals surface area contributed by atoms with Crippen molar-refractivity contribution in [3.05, 3.63) is 5.56 Å². The molecule has 6 nitrogen and oxygen atoms in total. The highest BCUT2D eigenvalue weighted by atomic mass is 32.1. The van der Waals surface area contributed by atoms with E-state index in [4.69, 9.17) is 10.5 Å². The maximum atomic E-state index is 11.6.